The zero-order valence-corrected chi connectivity index (χ0v) is 13.7. The Labute approximate surface area is 140 Å². The lowest BCUT2D eigenvalue weighted by atomic mass is 10.1. The Morgan fingerprint density at radius 2 is 2.12 bits per heavy atom. The topological polar surface area (TPSA) is 64.8 Å². The number of morpholine rings is 1. The van der Waals surface area contributed by atoms with Crippen LogP contribution in [0, 0.1) is 0 Å². The number of nitrogens with zero attached hydrogens (tertiary/aromatic N) is 2. The van der Waals surface area contributed by atoms with E-state index in [0.29, 0.717) is 37.8 Å². The molecule has 0 spiro atoms. The van der Waals surface area contributed by atoms with E-state index < -0.39 is 0 Å². The van der Waals surface area contributed by atoms with Gasteiger partial charge in [-0.3, -0.25) is 4.79 Å². The number of carbonyl (C=O) groups excluding carboxylic acids is 1. The summed E-state index contributed by atoms with van der Waals surface area (Å²) in [7, 11) is 0. The van der Waals surface area contributed by atoms with Gasteiger partial charge in [-0.1, -0.05) is 5.16 Å². The monoisotopic (exact) mass is 328 g/mol. The summed E-state index contributed by atoms with van der Waals surface area (Å²) in [5, 5.41) is 4.05. The van der Waals surface area contributed by atoms with Crippen molar-refractivity contribution >= 4 is 5.91 Å². The van der Waals surface area contributed by atoms with Crippen LogP contribution in [0.15, 0.2) is 28.8 Å². The molecule has 1 aromatic carbocycles. The highest BCUT2D eigenvalue weighted by Gasteiger charge is 2.21. The lowest BCUT2D eigenvalue weighted by Gasteiger charge is -2.26. The fourth-order valence-electron chi connectivity index (χ4n) is 3.19. The predicted octanol–water partition coefficient (Wildman–Crippen LogP) is 2.07. The molecule has 126 valence electrons. The highest BCUT2D eigenvalue weighted by Crippen LogP contribution is 2.33. The van der Waals surface area contributed by atoms with Crippen LogP contribution in [-0.2, 0) is 22.4 Å². The third-order valence-corrected chi connectivity index (χ3v) is 4.44. The molecule has 24 heavy (non-hydrogen) atoms. The van der Waals surface area contributed by atoms with Gasteiger partial charge in [0.2, 0.25) is 5.91 Å². The Morgan fingerprint density at radius 3 is 2.96 bits per heavy atom. The van der Waals surface area contributed by atoms with Crippen molar-refractivity contribution in [2.45, 2.75) is 25.9 Å². The van der Waals surface area contributed by atoms with Crippen LogP contribution in [0.5, 0.6) is 5.75 Å². The van der Waals surface area contributed by atoms with Gasteiger partial charge in [0.1, 0.15) is 11.9 Å². The normalized spacial score (nSPS) is 19.9. The standard InChI is InChI=1S/C18H20N2O4/c1-12-8-14-9-13(2-3-16(14)23-12)17-10-15(19-24-17)11-18(21)20-4-6-22-7-5-20/h2-3,9-10,12H,4-8,11H2,1H3/t12-/m0/s1. The van der Waals surface area contributed by atoms with Crippen LogP contribution in [0.4, 0.5) is 0 Å². The number of hydrogen-bond donors (Lipinski definition) is 0. The van der Waals surface area contributed by atoms with Gasteiger partial charge in [-0.15, -0.1) is 0 Å². The Morgan fingerprint density at radius 1 is 1.29 bits per heavy atom. The van der Waals surface area contributed by atoms with Gasteiger partial charge >= 0.3 is 0 Å². The van der Waals surface area contributed by atoms with Crippen LogP contribution < -0.4 is 4.74 Å². The molecule has 0 bridgehead atoms. The lowest BCUT2D eigenvalue weighted by molar-refractivity contribution is -0.134. The summed E-state index contributed by atoms with van der Waals surface area (Å²) in [4.78, 5) is 14.1. The van der Waals surface area contributed by atoms with Crippen LogP contribution in [-0.4, -0.2) is 48.4 Å². The van der Waals surface area contributed by atoms with Gasteiger partial charge in [0.15, 0.2) is 5.76 Å². The third kappa shape index (κ3) is 3.01. The van der Waals surface area contributed by atoms with Crippen molar-refractivity contribution in [3.05, 3.63) is 35.5 Å². The quantitative estimate of drug-likeness (QED) is 0.863. The van der Waals surface area contributed by atoms with Crippen LogP contribution in [0.1, 0.15) is 18.2 Å². The number of rotatable bonds is 3. The Kier molecular flexibility index (Phi) is 3.98. The zero-order valence-electron chi connectivity index (χ0n) is 13.7. The minimum absolute atomic E-state index is 0.0642. The number of benzene rings is 1. The van der Waals surface area contributed by atoms with Crippen LogP contribution >= 0.6 is 0 Å². The van der Waals surface area contributed by atoms with E-state index in [1.54, 1.807) is 0 Å². The summed E-state index contributed by atoms with van der Waals surface area (Å²) in [6.45, 7) is 4.55. The average Bonchev–Trinajstić information content (AvgIpc) is 3.20. The highest BCUT2D eigenvalue weighted by atomic mass is 16.5. The van der Waals surface area contributed by atoms with E-state index >= 15 is 0 Å². The average molecular weight is 328 g/mol. The van der Waals surface area contributed by atoms with Crippen LogP contribution in [0.25, 0.3) is 11.3 Å². The van der Waals surface area contributed by atoms with Gasteiger partial charge in [-0.05, 0) is 30.7 Å². The first-order chi connectivity index (χ1) is 11.7. The molecule has 0 saturated carbocycles. The molecule has 0 aliphatic carbocycles. The number of fused-ring (bicyclic) bond motifs is 1. The van der Waals surface area contributed by atoms with E-state index in [2.05, 4.69) is 18.1 Å². The second-order valence-electron chi connectivity index (χ2n) is 6.31. The molecule has 1 atom stereocenters. The van der Waals surface area contributed by atoms with E-state index in [-0.39, 0.29) is 18.4 Å². The van der Waals surface area contributed by atoms with Crippen molar-refractivity contribution in [2.75, 3.05) is 26.3 Å². The predicted molar refractivity (Wildman–Crippen MR) is 86.8 cm³/mol. The van der Waals surface area contributed by atoms with Crippen molar-refractivity contribution in [3.63, 3.8) is 0 Å². The van der Waals surface area contributed by atoms with E-state index in [4.69, 9.17) is 14.0 Å². The molecule has 0 radical (unpaired) electrons. The van der Waals surface area contributed by atoms with Crippen molar-refractivity contribution in [3.8, 4) is 17.1 Å². The smallest absolute Gasteiger partial charge is 0.228 e. The second-order valence-corrected chi connectivity index (χ2v) is 6.31. The molecular formula is C18H20N2O4. The summed E-state index contributed by atoms with van der Waals surface area (Å²) < 4.78 is 16.4. The summed E-state index contributed by atoms with van der Waals surface area (Å²) in [6.07, 6.45) is 1.38. The molecule has 1 saturated heterocycles. The van der Waals surface area contributed by atoms with Gasteiger partial charge in [0.25, 0.3) is 0 Å². The van der Waals surface area contributed by atoms with Gasteiger partial charge < -0.3 is 18.9 Å². The van der Waals surface area contributed by atoms with E-state index in [9.17, 15) is 4.79 Å². The van der Waals surface area contributed by atoms with E-state index in [0.717, 1.165) is 17.7 Å². The largest absolute Gasteiger partial charge is 0.490 e. The van der Waals surface area contributed by atoms with Crippen molar-refractivity contribution < 1.29 is 18.8 Å². The molecule has 1 fully saturated rings. The molecule has 2 aliphatic heterocycles. The fraction of sp³-hybridized carbons (Fsp3) is 0.444. The minimum atomic E-state index is 0.0642. The molecule has 1 aromatic heterocycles. The summed E-state index contributed by atoms with van der Waals surface area (Å²) >= 11 is 0. The van der Waals surface area contributed by atoms with Gasteiger partial charge in [-0.2, -0.15) is 0 Å². The van der Waals surface area contributed by atoms with Crippen molar-refractivity contribution in [1.29, 1.82) is 0 Å². The fourth-order valence-corrected chi connectivity index (χ4v) is 3.19. The van der Waals surface area contributed by atoms with Crippen LogP contribution in [0.2, 0.25) is 0 Å². The first-order valence-corrected chi connectivity index (χ1v) is 8.30. The highest BCUT2D eigenvalue weighted by molar-refractivity contribution is 5.78. The molecule has 6 nitrogen and oxygen atoms in total. The molecule has 0 unspecified atom stereocenters. The Bertz CT molecular complexity index is 749. The number of amides is 1. The SMILES string of the molecule is C[C@H]1Cc2cc(-c3cc(CC(=O)N4CCOCC4)no3)ccc2O1. The molecule has 1 amide bonds. The van der Waals surface area contributed by atoms with Crippen LogP contribution in [0.3, 0.4) is 0 Å². The van der Waals surface area contributed by atoms with E-state index in [1.165, 1.54) is 5.56 Å². The number of ether oxygens (including phenoxy) is 2. The molecule has 6 heteroatoms. The molecular weight excluding hydrogens is 308 g/mol. The maximum Gasteiger partial charge on any atom is 0.228 e. The van der Waals surface area contributed by atoms with E-state index in [1.807, 2.05) is 23.1 Å². The van der Waals surface area contributed by atoms with Crippen molar-refractivity contribution in [2.24, 2.45) is 0 Å². The summed E-state index contributed by atoms with van der Waals surface area (Å²) in [6, 6.07) is 7.85. The lowest BCUT2D eigenvalue weighted by Crippen LogP contribution is -2.41. The number of aromatic nitrogens is 1. The summed E-state index contributed by atoms with van der Waals surface area (Å²) in [5.41, 5.74) is 2.80. The van der Waals surface area contributed by atoms with Gasteiger partial charge in [0, 0.05) is 31.1 Å². The number of carbonyl (C=O) groups is 1. The maximum atomic E-state index is 12.3. The van der Waals surface area contributed by atoms with Gasteiger partial charge in [0.05, 0.1) is 25.3 Å². The van der Waals surface area contributed by atoms with Crippen molar-refractivity contribution in [1.82, 2.24) is 10.1 Å². The first-order valence-electron chi connectivity index (χ1n) is 8.30. The molecule has 0 N–H and O–H groups in total. The number of hydrogen-bond acceptors (Lipinski definition) is 5. The third-order valence-electron chi connectivity index (χ3n) is 4.44. The van der Waals surface area contributed by atoms with Gasteiger partial charge in [-0.25, -0.2) is 0 Å². The molecule has 4 rings (SSSR count). The Hall–Kier alpha value is -2.34. The second kappa shape index (κ2) is 6.28. The maximum absolute atomic E-state index is 12.3. The molecule has 2 aliphatic rings. The molecule has 2 aromatic rings. The minimum Gasteiger partial charge on any atom is -0.490 e. The molecule has 3 heterocycles. The first kappa shape index (κ1) is 15.2. The summed E-state index contributed by atoms with van der Waals surface area (Å²) in [5.74, 6) is 1.69. The Balaban J connectivity index is 1.47. The zero-order chi connectivity index (χ0) is 16.5.